The molecular weight excluding hydrogens is 1210 g/mol. The van der Waals surface area contributed by atoms with Crippen molar-refractivity contribution < 1.29 is 4.74 Å². The van der Waals surface area contributed by atoms with Crippen molar-refractivity contribution in [3.05, 3.63) is 367 Å². The van der Waals surface area contributed by atoms with Gasteiger partial charge in [0.25, 0.3) is 0 Å². The first-order valence-electron chi connectivity index (χ1n) is 35.4. The Hall–Kier alpha value is -11.6. The predicted octanol–water partition coefficient (Wildman–Crippen LogP) is 26.2. The van der Waals surface area contributed by atoms with Crippen LogP contribution in [0.4, 0.5) is 34.1 Å². The van der Waals surface area contributed by atoms with Crippen molar-refractivity contribution >= 4 is 55.9 Å². The maximum atomic E-state index is 6.34. The Kier molecular flexibility index (Phi) is 15.7. The highest BCUT2D eigenvalue weighted by Crippen LogP contribution is 2.53. The molecule has 0 saturated carbocycles. The Labute approximate surface area is 588 Å². The second-order valence-corrected chi connectivity index (χ2v) is 28.4. The SMILES string of the molecule is CCC(C)c1ccc(COCc2ccc(-n3c4ccc(-c5ccc(N(c6ccc(-c7ccccc7)cc6)c6ccc7c(c6)C(C)(C)c6ccccc6-7)cc5)cc4c4cc(-c5ccc(N(c6ccc(-c7ccccc7)cc6)c6ccc7c(c6)C(C)(C)c6ccccc6-7)cc5)ccc43)cc2)cc1. The molecule has 14 aromatic carbocycles. The normalized spacial score (nSPS) is 13.4. The second kappa shape index (κ2) is 25.4. The van der Waals surface area contributed by atoms with Gasteiger partial charge in [-0.1, -0.05) is 260 Å². The molecular formula is C96H79N3O. The zero-order chi connectivity index (χ0) is 67.6. The van der Waals surface area contributed by atoms with Gasteiger partial charge in [0.2, 0.25) is 0 Å². The molecule has 0 saturated heterocycles. The maximum Gasteiger partial charge on any atom is 0.0721 e. The van der Waals surface area contributed by atoms with Gasteiger partial charge in [-0.25, -0.2) is 0 Å². The molecule has 4 nitrogen and oxygen atoms in total. The minimum Gasteiger partial charge on any atom is -0.372 e. The summed E-state index contributed by atoms with van der Waals surface area (Å²) in [4.78, 5) is 4.83. The molecule has 2 aliphatic rings. The molecule has 17 rings (SSSR count). The van der Waals surface area contributed by atoms with Gasteiger partial charge in [0.05, 0.1) is 24.2 Å². The van der Waals surface area contributed by atoms with Crippen LogP contribution in [0.15, 0.2) is 328 Å². The van der Waals surface area contributed by atoms with Crippen molar-refractivity contribution in [3.8, 4) is 72.4 Å². The Morgan fingerprint density at radius 1 is 0.310 bits per heavy atom. The molecule has 100 heavy (non-hydrogen) atoms. The van der Waals surface area contributed by atoms with Crippen molar-refractivity contribution in [1.29, 1.82) is 0 Å². The van der Waals surface area contributed by atoms with Gasteiger partial charge in [-0.05, 0) is 227 Å². The molecule has 0 fully saturated rings. The molecule has 0 bridgehead atoms. The monoisotopic (exact) mass is 1290 g/mol. The fraction of sp³-hybridized carbons (Fsp3) is 0.125. The summed E-state index contributed by atoms with van der Waals surface area (Å²) < 4.78 is 8.77. The number of benzene rings is 14. The molecule has 0 N–H and O–H groups in total. The minimum atomic E-state index is -0.143. The number of nitrogens with zero attached hydrogens (tertiary/aromatic N) is 3. The topological polar surface area (TPSA) is 20.6 Å². The molecule has 0 radical (unpaired) electrons. The first-order valence-corrected chi connectivity index (χ1v) is 35.4. The van der Waals surface area contributed by atoms with E-state index in [4.69, 9.17) is 4.74 Å². The summed E-state index contributed by atoms with van der Waals surface area (Å²) in [6.07, 6.45) is 1.13. The first kappa shape index (κ1) is 62.0. The van der Waals surface area contributed by atoms with E-state index >= 15 is 0 Å². The van der Waals surface area contributed by atoms with Crippen LogP contribution in [0, 0.1) is 0 Å². The van der Waals surface area contributed by atoms with Crippen LogP contribution in [0.3, 0.4) is 0 Å². The summed E-state index contributed by atoms with van der Waals surface area (Å²) in [5.41, 5.74) is 33.5. The number of hydrogen-bond donors (Lipinski definition) is 0. The summed E-state index contributed by atoms with van der Waals surface area (Å²) in [6.45, 7) is 15.1. The van der Waals surface area contributed by atoms with Crippen molar-refractivity contribution in [3.63, 3.8) is 0 Å². The predicted molar refractivity (Wildman–Crippen MR) is 421 cm³/mol. The van der Waals surface area contributed by atoms with Gasteiger partial charge in [0, 0.05) is 61.4 Å². The van der Waals surface area contributed by atoms with E-state index in [9.17, 15) is 0 Å². The Balaban J connectivity index is 0.735. The zero-order valence-electron chi connectivity index (χ0n) is 57.6. The highest BCUT2D eigenvalue weighted by Gasteiger charge is 2.37. The van der Waals surface area contributed by atoms with Crippen LogP contribution in [0.5, 0.6) is 0 Å². The molecule has 0 amide bonds. The molecule has 484 valence electrons. The molecule has 15 aromatic rings. The van der Waals surface area contributed by atoms with Crippen LogP contribution in [0.2, 0.25) is 0 Å². The lowest BCUT2D eigenvalue weighted by Gasteiger charge is -2.28. The van der Waals surface area contributed by atoms with Gasteiger partial charge in [-0.3, -0.25) is 0 Å². The average molecular weight is 1290 g/mol. The summed E-state index contributed by atoms with van der Waals surface area (Å²) >= 11 is 0. The van der Waals surface area contributed by atoms with E-state index in [-0.39, 0.29) is 10.8 Å². The van der Waals surface area contributed by atoms with Crippen LogP contribution in [-0.4, -0.2) is 4.57 Å². The smallest absolute Gasteiger partial charge is 0.0721 e. The van der Waals surface area contributed by atoms with Crippen LogP contribution in [0.25, 0.3) is 94.3 Å². The van der Waals surface area contributed by atoms with Gasteiger partial charge in [-0.15, -0.1) is 0 Å². The van der Waals surface area contributed by atoms with Crippen LogP contribution < -0.4 is 9.80 Å². The first-order chi connectivity index (χ1) is 48.9. The molecule has 0 aliphatic heterocycles. The van der Waals surface area contributed by atoms with Gasteiger partial charge >= 0.3 is 0 Å². The minimum absolute atomic E-state index is 0.143. The van der Waals surface area contributed by atoms with Crippen molar-refractivity contribution in [1.82, 2.24) is 4.57 Å². The van der Waals surface area contributed by atoms with Gasteiger partial charge in [-0.2, -0.15) is 0 Å². The van der Waals surface area contributed by atoms with E-state index in [0.717, 1.165) is 85.1 Å². The van der Waals surface area contributed by atoms with Gasteiger partial charge in [0.1, 0.15) is 0 Å². The highest BCUT2D eigenvalue weighted by molar-refractivity contribution is 6.12. The largest absolute Gasteiger partial charge is 0.372 e. The summed E-state index contributed by atoms with van der Waals surface area (Å²) in [5.74, 6) is 0.549. The standard InChI is InChI=1S/C96H79N3O/c1-7-64(2)67-30-26-65(27-31-67)62-100-63-66-28-42-80(43-29-66)99-93-56-40-74(72-36-48-78(49-37-72)97(76-44-32-70(33-45-76)68-18-10-8-11-19-68)81-52-54-85-83-22-14-16-24-89(83)95(3,4)91(85)60-81)58-87(93)88-59-75(41-57-94(88)99)73-38-50-79(51-39-73)98(77-46-34-71(35-47-77)69-20-12-9-13-21-69)82-53-55-86-84-23-15-17-25-90(84)96(5,6)92(86)61-82/h8-61,64H,7,62-63H2,1-6H3. The van der Waals surface area contributed by atoms with Crippen molar-refractivity contribution in [2.75, 3.05) is 9.80 Å². The number of hydrogen-bond acceptors (Lipinski definition) is 3. The summed E-state index contributed by atoms with van der Waals surface area (Å²) in [7, 11) is 0. The van der Waals surface area contributed by atoms with E-state index in [1.54, 1.807) is 0 Å². The van der Waals surface area contributed by atoms with E-state index < -0.39 is 0 Å². The Morgan fingerprint density at radius 2 is 0.640 bits per heavy atom. The lowest BCUT2D eigenvalue weighted by atomic mass is 9.82. The van der Waals surface area contributed by atoms with Crippen molar-refractivity contribution in [2.24, 2.45) is 0 Å². The molecule has 1 unspecified atom stereocenters. The molecule has 2 aliphatic carbocycles. The van der Waals surface area contributed by atoms with Crippen molar-refractivity contribution in [2.45, 2.75) is 77.9 Å². The summed E-state index contributed by atoms with van der Waals surface area (Å²) in [5, 5.41) is 2.38. The second-order valence-electron chi connectivity index (χ2n) is 28.4. The fourth-order valence-electron chi connectivity index (χ4n) is 15.9. The summed E-state index contributed by atoms with van der Waals surface area (Å²) in [6, 6.07) is 122. The third kappa shape index (κ3) is 11.1. The molecule has 1 aromatic heterocycles. The number of anilines is 6. The molecule has 0 spiro atoms. The number of aromatic nitrogens is 1. The molecule has 1 heterocycles. The number of fused-ring (bicyclic) bond motifs is 9. The fourth-order valence-corrected chi connectivity index (χ4v) is 15.9. The van der Waals surface area contributed by atoms with Crippen LogP contribution in [0.1, 0.15) is 92.8 Å². The quantitative estimate of drug-likeness (QED) is 0.0906. The molecule has 4 heteroatoms. The zero-order valence-corrected chi connectivity index (χ0v) is 57.6. The van der Waals surface area contributed by atoms with Crippen LogP contribution >= 0.6 is 0 Å². The Morgan fingerprint density at radius 3 is 1.04 bits per heavy atom. The lowest BCUT2D eigenvalue weighted by Crippen LogP contribution is -2.16. The van der Waals surface area contributed by atoms with E-state index in [0.29, 0.717) is 19.1 Å². The average Bonchev–Trinajstić information content (AvgIpc) is 1.59. The number of ether oxygens (including phenoxy) is 1. The third-order valence-electron chi connectivity index (χ3n) is 21.7. The van der Waals surface area contributed by atoms with E-state index in [2.05, 4.69) is 383 Å². The Bertz CT molecular complexity index is 5220. The van der Waals surface area contributed by atoms with E-state index in [1.165, 1.54) is 88.7 Å². The number of rotatable bonds is 17. The molecule has 1 atom stereocenters. The lowest BCUT2D eigenvalue weighted by molar-refractivity contribution is 0.107. The maximum absolute atomic E-state index is 6.34. The van der Waals surface area contributed by atoms with E-state index in [1.807, 2.05) is 0 Å². The van der Waals surface area contributed by atoms with Gasteiger partial charge < -0.3 is 19.1 Å². The van der Waals surface area contributed by atoms with Crippen LogP contribution in [-0.2, 0) is 28.8 Å². The van der Waals surface area contributed by atoms with Gasteiger partial charge in [0.15, 0.2) is 0 Å². The third-order valence-corrected chi connectivity index (χ3v) is 21.7. The highest BCUT2D eigenvalue weighted by atomic mass is 16.5.